The Bertz CT molecular complexity index is 809. The van der Waals surface area contributed by atoms with Gasteiger partial charge in [-0.05, 0) is 30.7 Å². The fourth-order valence-electron chi connectivity index (χ4n) is 2.55. The minimum absolute atomic E-state index is 0.0983. The molecular weight excluding hydrogens is 272 g/mol. The molecule has 0 saturated carbocycles. The van der Waals surface area contributed by atoms with Gasteiger partial charge in [-0.15, -0.1) is 0 Å². The fourth-order valence-corrected chi connectivity index (χ4v) is 2.55. The summed E-state index contributed by atoms with van der Waals surface area (Å²) >= 11 is 0. The molecule has 106 valence electrons. The number of fused-ring (bicyclic) bond motifs is 1. The second kappa shape index (κ2) is 4.90. The number of pyridine rings is 1. The van der Waals surface area contributed by atoms with Gasteiger partial charge in [0.1, 0.15) is 5.60 Å². The van der Waals surface area contributed by atoms with Gasteiger partial charge in [-0.25, -0.2) is 8.78 Å². The zero-order valence-electron chi connectivity index (χ0n) is 11.3. The van der Waals surface area contributed by atoms with Crippen LogP contribution in [0.2, 0.25) is 0 Å². The molecule has 2 nitrogen and oxygen atoms in total. The summed E-state index contributed by atoms with van der Waals surface area (Å²) in [6.07, 6.45) is 1.64. The van der Waals surface area contributed by atoms with Gasteiger partial charge in [0, 0.05) is 17.1 Å². The van der Waals surface area contributed by atoms with Crippen LogP contribution in [0.15, 0.2) is 54.7 Å². The number of nitrogens with zero attached hydrogens (tertiary/aromatic N) is 1. The normalized spacial score (nSPS) is 14.1. The number of rotatable bonds is 2. The Hall–Kier alpha value is -2.33. The summed E-state index contributed by atoms with van der Waals surface area (Å²) in [5, 5.41) is 11.5. The van der Waals surface area contributed by atoms with Gasteiger partial charge in [0.25, 0.3) is 0 Å². The van der Waals surface area contributed by atoms with Crippen molar-refractivity contribution in [1.82, 2.24) is 4.98 Å². The molecule has 1 atom stereocenters. The van der Waals surface area contributed by atoms with Crippen LogP contribution >= 0.6 is 0 Å². The third-order valence-electron chi connectivity index (χ3n) is 3.65. The maximum atomic E-state index is 14.0. The minimum Gasteiger partial charge on any atom is -0.381 e. The molecule has 0 fully saturated rings. The number of aromatic nitrogens is 1. The van der Waals surface area contributed by atoms with E-state index in [4.69, 9.17) is 0 Å². The average Bonchev–Trinajstić information content (AvgIpc) is 2.49. The van der Waals surface area contributed by atoms with Gasteiger partial charge in [0.2, 0.25) is 0 Å². The van der Waals surface area contributed by atoms with Gasteiger partial charge in [-0.1, -0.05) is 30.3 Å². The van der Waals surface area contributed by atoms with E-state index >= 15 is 0 Å². The highest BCUT2D eigenvalue weighted by atomic mass is 19.2. The van der Waals surface area contributed by atoms with Crippen molar-refractivity contribution in [3.8, 4) is 0 Å². The van der Waals surface area contributed by atoms with Crippen LogP contribution < -0.4 is 0 Å². The van der Waals surface area contributed by atoms with Crippen LogP contribution in [0.3, 0.4) is 0 Å². The molecule has 4 heteroatoms. The SMILES string of the molecule is CC(O)(c1cccc(F)c1F)c1cccc2ncccc12. The number of benzene rings is 2. The largest absolute Gasteiger partial charge is 0.381 e. The lowest BCUT2D eigenvalue weighted by Gasteiger charge is -2.26. The molecule has 0 amide bonds. The van der Waals surface area contributed by atoms with Crippen LogP contribution in [-0.4, -0.2) is 10.1 Å². The van der Waals surface area contributed by atoms with E-state index in [1.54, 1.807) is 36.5 Å². The van der Waals surface area contributed by atoms with E-state index in [1.807, 2.05) is 0 Å². The van der Waals surface area contributed by atoms with E-state index in [2.05, 4.69) is 4.98 Å². The van der Waals surface area contributed by atoms with E-state index in [0.29, 0.717) is 16.5 Å². The highest BCUT2D eigenvalue weighted by Crippen LogP contribution is 2.35. The summed E-state index contributed by atoms with van der Waals surface area (Å²) in [6, 6.07) is 12.5. The third kappa shape index (κ3) is 2.17. The van der Waals surface area contributed by atoms with Crippen LogP contribution in [0.4, 0.5) is 8.78 Å². The van der Waals surface area contributed by atoms with E-state index in [-0.39, 0.29) is 5.56 Å². The molecule has 0 aliphatic rings. The zero-order valence-corrected chi connectivity index (χ0v) is 11.3. The Morgan fingerprint density at radius 3 is 2.48 bits per heavy atom. The van der Waals surface area contributed by atoms with Crippen molar-refractivity contribution in [3.63, 3.8) is 0 Å². The highest BCUT2D eigenvalue weighted by Gasteiger charge is 2.31. The molecule has 3 rings (SSSR count). The lowest BCUT2D eigenvalue weighted by Crippen LogP contribution is -2.25. The van der Waals surface area contributed by atoms with Crippen LogP contribution in [0.5, 0.6) is 0 Å². The molecule has 0 spiro atoms. The summed E-state index contributed by atoms with van der Waals surface area (Å²) in [5.74, 6) is -2.02. The van der Waals surface area contributed by atoms with Crippen molar-refractivity contribution < 1.29 is 13.9 Å². The van der Waals surface area contributed by atoms with Gasteiger partial charge in [-0.3, -0.25) is 4.98 Å². The summed E-state index contributed by atoms with van der Waals surface area (Å²) in [6.45, 7) is 1.45. The van der Waals surface area contributed by atoms with Gasteiger partial charge >= 0.3 is 0 Å². The van der Waals surface area contributed by atoms with Crippen molar-refractivity contribution in [3.05, 3.63) is 77.5 Å². The summed E-state index contributed by atoms with van der Waals surface area (Å²) in [4.78, 5) is 4.21. The lowest BCUT2D eigenvalue weighted by molar-refractivity contribution is 0.0986. The van der Waals surface area contributed by atoms with E-state index in [9.17, 15) is 13.9 Å². The fraction of sp³-hybridized carbons (Fsp3) is 0.118. The molecule has 2 aromatic carbocycles. The molecule has 0 bridgehead atoms. The van der Waals surface area contributed by atoms with Crippen molar-refractivity contribution >= 4 is 10.9 Å². The standard InChI is InChI=1S/C17H13F2NO/c1-17(21,13-7-2-8-14(18)16(13)19)12-6-3-9-15-11(12)5-4-10-20-15/h2-10,21H,1H3. The first-order valence-electron chi connectivity index (χ1n) is 6.53. The zero-order chi connectivity index (χ0) is 15.0. The molecule has 0 aliphatic carbocycles. The summed E-state index contributed by atoms with van der Waals surface area (Å²) in [7, 11) is 0. The number of hydrogen-bond acceptors (Lipinski definition) is 2. The Labute approximate surface area is 120 Å². The first-order chi connectivity index (χ1) is 10.0. The Kier molecular flexibility index (Phi) is 3.18. The molecule has 0 radical (unpaired) electrons. The number of hydrogen-bond donors (Lipinski definition) is 1. The van der Waals surface area contributed by atoms with Crippen LogP contribution in [0.25, 0.3) is 10.9 Å². The van der Waals surface area contributed by atoms with E-state index in [0.717, 1.165) is 6.07 Å². The number of aliphatic hydroxyl groups is 1. The quantitative estimate of drug-likeness (QED) is 0.777. The first kappa shape index (κ1) is 13.6. The second-order valence-electron chi connectivity index (χ2n) is 5.05. The van der Waals surface area contributed by atoms with Crippen molar-refractivity contribution in [2.75, 3.05) is 0 Å². The monoisotopic (exact) mass is 285 g/mol. The predicted molar refractivity (Wildman–Crippen MR) is 76.8 cm³/mol. The Balaban J connectivity index is 2.27. The minimum atomic E-state index is -1.66. The van der Waals surface area contributed by atoms with Crippen molar-refractivity contribution in [1.29, 1.82) is 0 Å². The van der Waals surface area contributed by atoms with Gasteiger partial charge in [0.15, 0.2) is 11.6 Å². The number of halogens is 2. The highest BCUT2D eigenvalue weighted by molar-refractivity contribution is 5.83. The third-order valence-corrected chi connectivity index (χ3v) is 3.65. The molecule has 1 unspecified atom stereocenters. The van der Waals surface area contributed by atoms with Gasteiger partial charge in [0.05, 0.1) is 5.52 Å². The van der Waals surface area contributed by atoms with Gasteiger partial charge < -0.3 is 5.11 Å². The molecule has 1 aromatic heterocycles. The Morgan fingerprint density at radius 1 is 0.952 bits per heavy atom. The van der Waals surface area contributed by atoms with Crippen LogP contribution in [0.1, 0.15) is 18.1 Å². The summed E-state index contributed by atoms with van der Waals surface area (Å²) in [5.41, 5.74) is -0.585. The van der Waals surface area contributed by atoms with E-state index in [1.165, 1.54) is 19.1 Å². The smallest absolute Gasteiger partial charge is 0.165 e. The summed E-state index contributed by atoms with van der Waals surface area (Å²) < 4.78 is 27.5. The molecule has 0 aliphatic heterocycles. The van der Waals surface area contributed by atoms with Crippen molar-refractivity contribution in [2.45, 2.75) is 12.5 Å². The van der Waals surface area contributed by atoms with Gasteiger partial charge in [-0.2, -0.15) is 0 Å². The van der Waals surface area contributed by atoms with Crippen LogP contribution in [0, 0.1) is 11.6 Å². The topological polar surface area (TPSA) is 33.1 Å². The maximum Gasteiger partial charge on any atom is 0.165 e. The maximum absolute atomic E-state index is 14.0. The molecule has 1 heterocycles. The van der Waals surface area contributed by atoms with Crippen LogP contribution in [-0.2, 0) is 5.60 Å². The molecule has 1 N–H and O–H groups in total. The molecular formula is C17H13F2NO. The predicted octanol–water partition coefficient (Wildman–Crippen LogP) is 3.77. The Morgan fingerprint density at radius 2 is 1.67 bits per heavy atom. The molecule has 3 aromatic rings. The molecule has 0 saturated heterocycles. The van der Waals surface area contributed by atoms with E-state index < -0.39 is 17.2 Å². The first-order valence-corrected chi connectivity index (χ1v) is 6.53. The second-order valence-corrected chi connectivity index (χ2v) is 5.05. The molecule has 21 heavy (non-hydrogen) atoms. The average molecular weight is 285 g/mol. The lowest BCUT2D eigenvalue weighted by atomic mass is 9.85. The van der Waals surface area contributed by atoms with Crippen molar-refractivity contribution in [2.24, 2.45) is 0 Å².